The van der Waals surface area contributed by atoms with Gasteiger partial charge in [-0.05, 0) is 53.0 Å². The van der Waals surface area contributed by atoms with E-state index in [4.69, 9.17) is 23.7 Å². The zero-order valence-corrected chi connectivity index (χ0v) is 45.6. The van der Waals surface area contributed by atoms with Crippen LogP contribution in [0.25, 0.3) is 0 Å². The van der Waals surface area contributed by atoms with Crippen molar-refractivity contribution in [3.8, 4) is 0 Å². The fourth-order valence-corrected chi connectivity index (χ4v) is 9.29. The van der Waals surface area contributed by atoms with Crippen LogP contribution in [0, 0.1) is 17.8 Å². The van der Waals surface area contributed by atoms with Gasteiger partial charge in [-0.1, -0.05) is 106 Å². The normalized spacial score (nSPS) is 29.3. The number of aliphatic hydroxyl groups is 10. The van der Waals surface area contributed by atoms with Crippen molar-refractivity contribution < 1.29 is 94.2 Å². The second-order valence-corrected chi connectivity index (χ2v) is 26.6. The van der Waals surface area contributed by atoms with Gasteiger partial charge in [-0.25, -0.2) is 4.79 Å². The fraction of sp³-hybridized carbons (Fsp3) is 0.717. The third-order valence-electron chi connectivity index (χ3n) is 13.2. The van der Waals surface area contributed by atoms with E-state index in [1.165, 1.54) is 13.0 Å². The fourth-order valence-electron chi connectivity index (χ4n) is 8.57. The molecule has 0 aliphatic carbocycles. The smallest absolute Gasteiger partial charge is 0.407 e. The molecule has 0 bridgehead atoms. The van der Waals surface area contributed by atoms with Crippen LogP contribution >= 0.6 is 0 Å². The zero-order valence-electron chi connectivity index (χ0n) is 44.6. The minimum Gasteiger partial charge on any atom is -0.481 e. The van der Waals surface area contributed by atoms with Gasteiger partial charge in [0.2, 0.25) is 0 Å². The number of esters is 1. The number of hydrogen-bond donors (Lipinski definition) is 12. The topological polar surface area (TPSA) is 332 Å². The molecule has 0 unspecified atom stereocenters. The van der Waals surface area contributed by atoms with Crippen molar-refractivity contribution in [3.05, 3.63) is 72.9 Å². The van der Waals surface area contributed by atoms with Gasteiger partial charge in [-0.3, -0.25) is 9.59 Å². The Morgan fingerprint density at radius 2 is 1.41 bits per heavy atom. The van der Waals surface area contributed by atoms with Crippen molar-refractivity contribution in [2.45, 2.75) is 216 Å². The first-order chi connectivity index (χ1) is 34.6. The lowest BCUT2D eigenvalue weighted by atomic mass is 9.82. The third kappa shape index (κ3) is 24.1. The Labute approximate surface area is 437 Å². The molecule has 424 valence electrons. The van der Waals surface area contributed by atoms with Crippen molar-refractivity contribution in [1.29, 1.82) is 0 Å². The molecule has 2 aliphatic heterocycles. The second kappa shape index (κ2) is 32.8. The molecular formula is C53H89NO19Si. The average molecular weight is 1070 g/mol. The Kier molecular flexibility index (Phi) is 29.5. The molecule has 2 rings (SSSR count). The molecule has 12 N–H and O–H groups in total. The molecule has 74 heavy (non-hydrogen) atoms. The van der Waals surface area contributed by atoms with Crippen LogP contribution in [-0.4, -0.2) is 186 Å². The van der Waals surface area contributed by atoms with E-state index >= 15 is 0 Å². The first-order valence-corrected chi connectivity index (χ1v) is 29.4. The van der Waals surface area contributed by atoms with Crippen LogP contribution in [0.5, 0.6) is 0 Å². The minimum absolute atomic E-state index is 0.124. The first kappa shape index (κ1) is 66.5. The number of carboxylic acid groups (broad SMARTS) is 1. The summed E-state index contributed by atoms with van der Waals surface area (Å²) in [6.45, 7) is 16.9. The molecule has 1 amide bonds. The van der Waals surface area contributed by atoms with Crippen LogP contribution in [0.3, 0.4) is 0 Å². The molecule has 0 spiro atoms. The molecule has 0 aromatic heterocycles. The number of allylic oxidation sites excluding steroid dienone is 10. The van der Waals surface area contributed by atoms with Crippen LogP contribution in [0.2, 0.25) is 25.7 Å². The van der Waals surface area contributed by atoms with Crippen LogP contribution < -0.4 is 5.32 Å². The summed E-state index contributed by atoms with van der Waals surface area (Å²) < 4.78 is 28.7. The van der Waals surface area contributed by atoms with Crippen LogP contribution in [0.4, 0.5) is 4.79 Å². The standard InChI is InChI=1S/C53H89NO19Si/c1-10-12-14-15-16-17-19-21-39(72-51-49(64)46(48(63)35(6)71-51)54-52(67)69-24-25-74(7,8)9)29-43-45(50(65)66)42(60)31-53(68,73-43)30-38(57)27-41(59)40(58)23-22-36(55)26-37(56)28-44(61)70-34(5)33(4)47(62)32(3)20-18-13-11-2/h10-21,32-43,45-49,51,55-60,62-64,68H,22-31H2,1-9H3,(H,54,67)(H,65,66)/b12-10+,13-11+,15-14+,17-16+,20-18+,21-19+/t32-,33-,34-,35+,36+,37+,38-,39-,40+,41+,42-,43-,45+,46-,47+,48+,49-,51-,53+/m0/s1. The SMILES string of the molecule is C/C=C/C=C/C=C/C=C/[C@@H](C[C@@H]1O[C@](O)(C[C@@H](O)C[C@@H](O)[C@H](O)CC[C@@H](O)C[C@@H](O)CC(=O)O[C@@H](C)[C@H](C)[C@H](O)[C@@H](C)/C=C/C=C/C)C[C@H](O)[C@H]1C(=O)O)O[C@@H]1O[C@H](C)[C@@H](O)[C@H](NC(=O)OCC[Si](C)(C)C)[C@@H]1O. The van der Waals surface area contributed by atoms with Crippen molar-refractivity contribution in [2.75, 3.05) is 6.61 Å². The molecule has 0 radical (unpaired) electrons. The average Bonchev–Trinajstić information content (AvgIpc) is 3.29. The van der Waals surface area contributed by atoms with Gasteiger partial charge >= 0.3 is 18.0 Å². The van der Waals surface area contributed by atoms with Crippen LogP contribution in [-0.2, 0) is 33.3 Å². The van der Waals surface area contributed by atoms with Crippen molar-refractivity contribution in [1.82, 2.24) is 5.32 Å². The Hall–Kier alpha value is -3.65. The van der Waals surface area contributed by atoms with Crippen molar-refractivity contribution >= 4 is 26.1 Å². The highest BCUT2D eigenvalue weighted by atomic mass is 28.3. The molecule has 2 fully saturated rings. The summed E-state index contributed by atoms with van der Waals surface area (Å²) in [4.78, 5) is 38.0. The quantitative estimate of drug-likeness (QED) is 0.0269. The highest BCUT2D eigenvalue weighted by Crippen LogP contribution is 2.38. The highest BCUT2D eigenvalue weighted by Gasteiger charge is 2.51. The number of carbonyl (C=O) groups is 3. The highest BCUT2D eigenvalue weighted by molar-refractivity contribution is 6.76. The molecule has 2 aliphatic rings. The molecule has 0 saturated carbocycles. The van der Waals surface area contributed by atoms with E-state index in [0.717, 1.165) is 0 Å². The number of carbonyl (C=O) groups excluding carboxylic acids is 2. The Morgan fingerprint density at radius 1 is 0.797 bits per heavy atom. The van der Waals surface area contributed by atoms with Gasteiger partial charge in [0.1, 0.15) is 24.2 Å². The third-order valence-corrected chi connectivity index (χ3v) is 14.9. The molecule has 20 nitrogen and oxygen atoms in total. The van der Waals surface area contributed by atoms with Gasteiger partial charge in [0.15, 0.2) is 12.1 Å². The molecule has 0 aromatic rings. The Morgan fingerprint density at radius 3 is 2.03 bits per heavy atom. The van der Waals surface area contributed by atoms with E-state index in [1.54, 1.807) is 50.3 Å². The number of alkyl carbamates (subject to hydrolysis) is 1. The molecule has 0 aromatic carbocycles. The van der Waals surface area contributed by atoms with E-state index in [9.17, 15) is 70.6 Å². The first-order valence-electron chi connectivity index (χ1n) is 25.7. The van der Waals surface area contributed by atoms with E-state index in [0.29, 0.717) is 6.04 Å². The monoisotopic (exact) mass is 1070 g/mol. The van der Waals surface area contributed by atoms with Crippen molar-refractivity contribution in [2.24, 2.45) is 17.8 Å². The van der Waals surface area contributed by atoms with E-state index in [1.807, 2.05) is 51.2 Å². The van der Waals surface area contributed by atoms with Gasteiger partial charge < -0.3 is 85.2 Å². The largest absolute Gasteiger partial charge is 0.481 e. The summed E-state index contributed by atoms with van der Waals surface area (Å²) in [5.74, 6) is -6.87. The van der Waals surface area contributed by atoms with Gasteiger partial charge in [0.05, 0.1) is 80.1 Å². The number of carboxylic acids is 1. The minimum atomic E-state index is -2.37. The van der Waals surface area contributed by atoms with Crippen molar-refractivity contribution in [3.63, 3.8) is 0 Å². The van der Waals surface area contributed by atoms with Gasteiger partial charge in [0.25, 0.3) is 0 Å². The van der Waals surface area contributed by atoms with E-state index in [2.05, 4.69) is 25.0 Å². The Bertz CT molecular complexity index is 1860. The Balaban J connectivity index is 2.12. The number of rotatable bonds is 31. The molecule has 2 heterocycles. The number of amides is 1. The number of aliphatic hydroxyl groups excluding tert-OH is 9. The van der Waals surface area contributed by atoms with E-state index in [-0.39, 0.29) is 38.2 Å². The van der Waals surface area contributed by atoms with E-state index < -0.39 is 161 Å². The lowest BCUT2D eigenvalue weighted by molar-refractivity contribution is -0.309. The summed E-state index contributed by atoms with van der Waals surface area (Å²) in [6, 6.07) is -0.640. The number of aliphatic carboxylic acids is 1. The summed E-state index contributed by atoms with van der Waals surface area (Å²) in [6.07, 6.45) is -1.99. The maximum atomic E-state index is 12.8. The van der Waals surface area contributed by atoms with Crippen LogP contribution in [0.1, 0.15) is 92.9 Å². The number of hydrogen-bond acceptors (Lipinski definition) is 18. The maximum absolute atomic E-state index is 12.8. The molecule has 19 atom stereocenters. The summed E-state index contributed by atoms with van der Waals surface area (Å²) >= 11 is 0. The summed E-state index contributed by atoms with van der Waals surface area (Å²) in [5.41, 5.74) is 0. The number of ether oxygens (including phenoxy) is 5. The zero-order chi connectivity index (χ0) is 55.9. The van der Waals surface area contributed by atoms with Gasteiger partial charge in [0, 0.05) is 45.6 Å². The maximum Gasteiger partial charge on any atom is 0.407 e. The molecule has 2 saturated heterocycles. The lowest BCUT2D eigenvalue weighted by Gasteiger charge is -2.45. The summed E-state index contributed by atoms with van der Waals surface area (Å²) in [5, 5.41) is 122. The van der Waals surface area contributed by atoms with Gasteiger partial charge in [-0.2, -0.15) is 0 Å². The molecule has 21 heteroatoms. The molecular weight excluding hydrogens is 983 g/mol. The number of nitrogens with one attached hydrogen (secondary N) is 1. The lowest BCUT2D eigenvalue weighted by Crippen LogP contribution is -2.64. The van der Waals surface area contributed by atoms with Crippen LogP contribution in [0.15, 0.2) is 72.9 Å². The second-order valence-electron chi connectivity index (χ2n) is 21.0. The predicted molar refractivity (Wildman–Crippen MR) is 278 cm³/mol. The summed E-state index contributed by atoms with van der Waals surface area (Å²) in [7, 11) is -1.55. The van der Waals surface area contributed by atoms with Gasteiger partial charge in [-0.15, -0.1) is 0 Å². The predicted octanol–water partition coefficient (Wildman–Crippen LogP) is 3.29.